The summed E-state index contributed by atoms with van der Waals surface area (Å²) in [6.45, 7) is 4.15. The maximum atomic E-state index is 12.5. The molecule has 1 atom stereocenters. The SMILES string of the molecule is CC[C@H](Oc1cccc(Cl)c1)C(=O)N1CCN(C=O)CC1. The zero-order valence-electron chi connectivity index (χ0n) is 12.0. The van der Waals surface area contributed by atoms with Crippen molar-refractivity contribution in [2.24, 2.45) is 0 Å². The molecular weight excluding hydrogens is 292 g/mol. The number of piperazine rings is 1. The molecule has 0 unspecified atom stereocenters. The van der Waals surface area contributed by atoms with Gasteiger partial charge in [-0.05, 0) is 24.6 Å². The maximum absolute atomic E-state index is 12.5. The number of carbonyl (C=O) groups excluding carboxylic acids is 2. The van der Waals surface area contributed by atoms with Crippen LogP contribution in [0.5, 0.6) is 5.75 Å². The summed E-state index contributed by atoms with van der Waals surface area (Å²) in [5.74, 6) is 0.553. The number of hydrogen-bond acceptors (Lipinski definition) is 3. The first-order chi connectivity index (χ1) is 10.1. The smallest absolute Gasteiger partial charge is 0.263 e. The fourth-order valence-corrected chi connectivity index (χ4v) is 2.44. The summed E-state index contributed by atoms with van der Waals surface area (Å²) in [7, 11) is 0. The van der Waals surface area contributed by atoms with E-state index in [1.54, 1.807) is 34.1 Å². The molecule has 0 saturated carbocycles. The van der Waals surface area contributed by atoms with Crippen molar-refractivity contribution in [1.29, 1.82) is 0 Å². The van der Waals surface area contributed by atoms with Gasteiger partial charge in [0.05, 0.1) is 0 Å². The first-order valence-corrected chi connectivity index (χ1v) is 7.42. The van der Waals surface area contributed by atoms with Crippen LogP contribution >= 0.6 is 11.6 Å². The highest BCUT2D eigenvalue weighted by Gasteiger charge is 2.27. The molecule has 0 aliphatic carbocycles. The van der Waals surface area contributed by atoms with E-state index in [4.69, 9.17) is 16.3 Å². The monoisotopic (exact) mass is 310 g/mol. The normalized spacial score (nSPS) is 16.5. The Morgan fingerprint density at radius 2 is 2.10 bits per heavy atom. The largest absolute Gasteiger partial charge is 0.481 e. The lowest BCUT2D eigenvalue weighted by atomic mass is 10.2. The summed E-state index contributed by atoms with van der Waals surface area (Å²) in [5, 5.41) is 0.578. The number of carbonyl (C=O) groups is 2. The van der Waals surface area contributed by atoms with Gasteiger partial charge in [-0.3, -0.25) is 9.59 Å². The van der Waals surface area contributed by atoms with Crippen molar-refractivity contribution < 1.29 is 14.3 Å². The van der Waals surface area contributed by atoms with Crippen molar-refractivity contribution in [1.82, 2.24) is 9.80 Å². The van der Waals surface area contributed by atoms with Crippen LogP contribution in [0.2, 0.25) is 5.02 Å². The lowest BCUT2D eigenvalue weighted by Gasteiger charge is -2.34. The number of amides is 2. The van der Waals surface area contributed by atoms with Crippen LogP contribution in [0.15, 0.2) is 24.3 Å². The molecule has 1 aliphatic rings. The van der Waals surface area contributed by atoms with Crippen LogP contribution in [0.1, 0.15) is 13.3 Å². The van der Waals surface area contributed by atoms with Gasteiger partial charge in [0.2, 0.25) is 6.41 Å². The van der Waals surface area contributed by atoms with Gasteiger partial charge < -0.3 is 14.5 Å². The molecule has 2 rings (SSSR count). The summed E-state index contributed by atoms with van der Waals surface area (Å²) in [6.07, 6.45) is 0.882. The van der Waals surface area contributed by atoms with Gasteiger partial charge in [-0.15, -0.1) is 0 Å². The van der Waals surface area contributed by atoms with Gasteiger partial charge >= 0.3 is 0 Å². The maximum Gasteiger partial charge on any atom is 0.263 e. The van der Waals surface area contributed by atoms with E-state index in [2.05, 4.69) is 0 Å². The molecule has 5 nitrogen and oxygen atoms in total. The van der Waals surface area contributed by atoms with E-state index < -0.39 is 6.10 Å². The Morgan fingerprint density at radius 1 is 1.38 bits per heavy atom. The minimum absolute atomic E-state index is 0.0389. The molecule has 0 N–H and O–H groups in total. The van der Waals surface area contributed by atoms with Gasteiger partial charge in [-0.2, -0.15) is 0 Å². The van der Waals surface area contributed by atoms with Gasteiger partial charge in [0.1, 0.15) is 5.75 Å². The van der Waals surface area contributed by atoms with E-state index in [-0.39, 0.29) is 5.91 Å². The van der Waals surface area contributed by atoms with Gasteiger partial charge in [0.25, 0.3) is 5.91 Å². The predicted molar refractivity (Wildman–Crippen MR) is 80.4 cm³/mol. The molecule has 1 aromatic carbocycles. The summed E-state index contributed by atoms with van der Waals surface area (Å²) < 4.78 is 5.75. The highest BCUT2D eigenvalue weighted by Crippen LogP contribution is 2.20. The van der Waals surface area contributed by atoms with Crippen LogP contribution in [-0.4, -0.2) is 54.4 Å². The zero-order valence-corrected chi connectivity index (χ0v) is 12.8. The van der Waals surface area contributed by atoms with Gasteiger partial charge in [0.15, 0.2) is 6.10 Å². The predicted octanol–water partition coefficient (Wildman–Crippen LogP) is 1.80. The van der Waals surface area contributed by atoms with Crippen molar-refractivity contribution in [3.63, 3.8) is 0 Å². The van der Waals surface area contributed by atoms with Crippen molar-refractivity contribution >= 4 is 23.9 Å². The topological polar surface area (TPSA) is 49.9 Å². The van der Waals surface area contributed by atoms with Gasteiger partial charge in [0, 0.05) is 31.2 Å². The second kappa shape index (κ2) is 7.31. The Balaban J connectivity index is 1.97. The van der Waals surface area contributed by atoms with Crippen LogP contribution < -0.4 is 4.74 Å². The Kier molecular flexibility index (Phi) is 5.44. The van der Waals surface area contributed by atoms with Crippen LogP contribution in [0.3, 0.4) is 0 Å². The van der Waals surface area contributed by atoms with Gasteiger partial charge in [-0.25, -0.2) is 0 Å². The Morgan fingerprint density at radius 3 is 2.67 bits per heavy atom. The lowest BCUT2D eigenvalue weighted by molar-refractivity contribution is -0.142. The second-order valence-corrected chi connectivity index (χ2v) is 5.38. The van der Waals surface area contributed by atoms with Crippen LogP contribution in [0, 0.1) is 0 Å². The molecule has 1 aromatic rings. The van der Waals surface area contributed by atoms with E-state index in [9.17, 15) is 9.59 Å². The Hall–Kier alpha value is -1.75. The molecule has 1 saturated heterocycles. The third-order valence-electron chi connectivity index (χ3n) is 3.50. The van der Waals surface area contributed by atoms with E-state index in [0.29, 0.717) is 43.4 Å². The first kappa shape index (κ1) is 15.6. The highest BCUT2D eigenvalue weighted by atomic mass is 35.5. The summed E-state index contributed by atoms with van der Waals surface area (Å²) >= 11 is 5.92. The number of ether oxygens (including phenoxy) is 1. The third-order valence-corrected chi connectivity index (χ3v) is 3.73. The lowest BCUT2D eigenvalue weighted by Crippen LogP contribution is -2.51. The number of nitrogens with zero attached hydrogens (tertiary/aromatic N) is 2. The van der Waals surface area contributed by atoms with Crippen molar-refractivity contribution in [3.05, 3.63) is 29.3 Å². The molecule has 1 heterocycles. The molecule has 0 radical (unpaired) electrons. The Labute approximate surface area is 129 Å². The molecule has 1 aliphatic heterocycles. The molecule has 0 aromatic heterocycles. The number of hydrogen-bond donors (Lipinski definition) is 0. The molecule has 2 amide bonds. The van der Waals surface area contributed by atoms with E-state index in [1.807, 2.05) is 6.92 Å². The standard InChI is InChI=1S/C15H19ClN2O3/c1-2-14(21-13-5-3-4-12(16)10-13)15(20)18-8-6-17(11-19)7-9-18/h3-5,10-11,14H,2,6-9H2,1H3/t14-/m0/s1. The fraction of sp³-hybridized carbons (Fsp3) is 0.467. The zero-order chi connectivity index (χ0) is 15.2. The van der Waals surface area contributed by atoms with Gasteiger partial charge in [-0.1, -0.05) is 24.6 Å². The molecule has 114 valence electrons. The second-order valence-electron chi connectivity index (χ2n) is 4.94. The number of benzene rings is 1. The molecule has 21 heavy (non-hydrogen) atoms. The Bertz CT molecular complexity index is 501. The molecule has 1 fully saturated rings. The number of rotatable bonds is 5. The fourth-order valence-electron chi connectivity index (χ4n) is 2.26. The summed E-state index contributed by atoms with van der Waals surface area (Å²) in [4.78, 5) is 26.6. The van der Waals surface area contributed by atoms with E-state index >= 15 is 0 Å². The summed E-state index contributed by atoms with van der Waals surface area (Å²) in [5.41, 5.74) is 0. The van der Waals surface area contributed by atoms with Crippen LogP contribution in [0.4, 0.5) is 0 Å². The van der Waals surface area contributed by atoms with Crippen molar-refractivity contribution in [3.8, 4) is 5.75 Å². The quantitative estimate of drug-likeness (QED) is 0.779. The third kappa shape index (κ3) is 4.11. The van der Waals surface area contributed by atoms with Crippen LogP contribution in [-0.2, 0) is 9.59 Å². The first-order valence-electron chi connectivity index (χ1n) is 7.04. The van der Waals surface area contributed by atoms with Crippen molar-refractivity contribution in [2.45, 2.75) is 19.4 Å². The van der Waals surface area contributed by atoms with E-state index in [1.165, 1.54) is 0 Å². The van der Waals surface area contributed by atoms with E-state index in [0.717, 1.165) is 6.41 Å². The average Bonchev–Trinajstić information content (AvgIpc) is 2.52. The number of halogens is 1. The molecule has 6 heteroatoms. The van der Waals surface area contributed by atoms with Crippen molar-refractivity contribution in [2.75, 3.05) is 26.2 Å². The average molecular weight is 311 g/mol. The summed E-state index contributed by atoms with van der Waals surface area (Å²) in [6, 6.07) is 7.03. The molecular formula is C15H19ClN2O3. The molecule has 0 bridgehead atoms. The van der Waals surface area contributed by atoms with Crippen LogP contribution in [0.25, 0.3) is 0 Å². The highest BCUT2D eigenvalue weighted by molar-refractivity contribution is 6.30. The molecule has 0 spiro atoms. The minimum atomic E-state index is -0.522. The minimum Gasteiger partial charge on any atom is -0.481 e.